The van der Waals surface area contributed by atoms with Gasteiger partial charge >= 0.3 is 0 Å². The van der Waals surface area contributed by atoms with Gasteiger partial charge < -0.3 is 10.1 Å². The van der Waals surface area contributed by atoms with Crippen molar-refractivity contribution >= 4 is 22.4 Å². The molecule has 19 heavy (non-hydrogen) atoms. The topological polar surface area (TPSA) is 66.0 Å². The minimum atomic E-state index is -0.184. The van der Waals surface area contributed by atoms with Crippen LogP contribution in [0.15, 0.2) is 30.0 Å². The first kappa shape index (κ1) is 12.0. The first-order valence-electron chi connectivity index (χ1n) is 6.37. The Kier molecular flexibility index (Phi) is 2.49. The fraction of sp³-hybridized carbons (Fsp3) is 0.333. The smallest absolute Gasteiger partial charge is 0.170 e. The van der Waals surface area contributed by atoms with Crippen LogP contribution < -0.4 is 0 Å². The van der Waals surface area contributed by atoms with Gasteiger partial charge in [-0.3, -0.25) is 4.79 Å². The van der Waals surface area contributed by atoms with Crippen molar-refractivity contribution in [2.75, 3.05) is 0 Å². The van der Waals surface area contributed by atoms with E-state index in [2.05, 4.69) is 9.97 Å². The molecule has 1 aliphatic carbocycles. The largest absolute Gasteiger partial charge is 0.511 e. The van der Waals surface area contributed by atoms with E-state index in [1.54, 1.807) is 0 Å². The second-order valence-electron chi connectivity index (χ2n) is 5.87. The Morgan fingerprint density at radius 3 is 2.68 bits per heavy atom. The van der Waals surface area contributed by atoms with Gasteiger partial charge in [-0.05, 0) is 17.5 Å². The van der Waals surface area contributed by atoms with Crippen molar-refractivity contribution in [3.05, 3.63) is 35.8 Å². The summed E-state index contributed by atoms with van der Waals surface area (Å²) < 4.78 is 0. The highest BCUT2D eigenvalue weighted by Gasteiger charge is 2.34. The van der Waals surface area contributed by atoms with E-state index in [4.69, 9.17) is 0 Å². The van der Waals surface area contributed by atoms with E-state index in [0.29, 0.717) is 24.2 Å². The number of para-hydroxylation sites is 2. The number of aliphatic hydroxyl groups is 1. The fourth-order valence-corrected chi connectivity index (χ4v) is 2.63. The van der Waals surface area contributed by atoms with Crippen LogP contribution in [-0.2, 0) is 4.79 Å². The van der Waals surface area contributed by atoms with Gasteiger partial charge in [0.2, 0.25) is 0 Å². The normalized spacial score (nSPS) is 19.2. The molecular formula is C15H16N2O2. The second-order valence-corrected chi connectivity index (χ2v) is 5.87. The van der Waals surface area contributed by atoms with Crippen molar-refractivity contribution in [3.8, 4) is 0 Å². The molecule has 98 valence electrons. The van der Waals surface area contributed by atoms with E-state index in [-0.39, 0.29) is 17.0 Å². The summed E-state index contributed by atoms with van der Waals surface area (Å²) >= 11 is 0. The lowest BCUT2D eigenvalue weighted by molar-refractivity contribution is -0.116. The van der Waals surface area contributed by atoms with Gasteiger partial charge in [0.05, 0.1) is 16.6 Å². The molecule has 0 atom stereocenters. The SMILES string of the molecule is CC1(C)CC(=O)C(c2nc3ccccc3[nH]2)=C(O)C1. The summed E-state index contributed by atoms with van der Waals surface area (Å²) in [5.41, 5.74) is 1.83. The number of allylic oxidation sites excluding steroid dienone is 2. The molecule has 0 saturated carbocycles. The Hall–Kier alpha value is -2.10. The predicted molar refractivity (Wildman–Crippen MR) is 73.7 cm³/mol. The fourth-order valence-electron chi connectivity index (χ4n) is 2.63. The van der Waals surface area contributed by atoms with E-state index in [0.717, 1.165) is 11.0 Å². The minimum Gasteiger partial charge on any atom is -0.511 e. The highest BCUT2D eigenvalue weighted by Crippen LogP contribution is 2.38. The number of aliphatic hydroxyl groups excluding tert-OH is 1. The molecule has 4 nitrogen and oxygen atoms in total. The lowest BCUT2D eigenvalue weighted by Crippen LogP contribution is -2.25. The van der Waals surface area contributed by atoms with Crippen molar-refractivity contribution in [2.24, 2.45) is 5.41 Å². The predicted octanol–water partition coefficient (Wildman–Crippen LogP) is 3.22. The number of hydrogen-bond donors (Lipinski definition) is 2. The number of aromatic nitrogens is 2. The Labute approximate surface area is 111 Å². The number of Topliss-reactive ketones (excluding diaryl/α,β-unsaturated/α-hetero) is 1. The highest BCUT2D eigenvalue weighted by molar-refractivity contribution is 6.21. The van der Waals surface area contributed by atoms with Crippen molar-refractivity contribution in [1.29, 1.82) is 0 Å². The molecule has 4 heteroatoms. The number of rotatable bonds is 1. The van der Waals surface area contributed by atoms with Crippen molar-refractivity contribution in [2.45, 2.75) is 26.7 Å². The third-order valence-electron chi connectivity index (χ3n) is 3.48. The van der Waals surface area contributed by atoms with Crippen LogP contribution in [0.1, 0.15) is 32.5 Å². The lowest BCUT2D eigenvalue weighted by Gasteiger charge is -2.28. The molecule has 1 aliphatic rings. The molecular weight excluding hydrogens is 240 g/mol. The van der Waals surface area contributed by atoms with Crippen LogP contribution in [0.3, 0.4) is 0 Å². The molecule has 0 aliphatic heterocycles. The number of H-pyrrole nitrogens is 1. The van der Waals surface area contributed by atoms with Gasteiger partial charge in [-0.2, -0.15) is 0 Å². The van der Waals surface area contributed by atoms with Crippen LogP contribution in [-0.4, -0.2) is 20.9 Å². The monoisotopic (exact) mass is 256 g/mol. The van der Waals surface area contributed by atoms with Crippen LogP contribution in [0.4, 0.5) is 0 Å². The maximum atomic E-state index is 12.2. The first-order chi connectivity index (χ1) is 8.96. The quantitative estimate of drug-likeness (QED) is 0.823. The molecule has 2 aromatic rings. The third-order valence-corrected chi connectivity index (χ3v) is 3.48. The molecule has 2 N–H and O–H groups in total. The molecule has 0 fully saturated rings. The summed E-state index contributed by atoms with van der Waals surface area (Å²) in [5, 5.41) is 10.2. The number of imidazole rings is 1. The standard InChI is InChI=1S/C15H16N2O2/c1-15(2)7-11(18)13(12(19)8-15)14-16-9-5-3-4-6-10(9)17-14/h3-6,18H,7-8H2,1-2H3,(H,16,17). The summed E-state index contributed by atoms with van der Waals surface area (Å²) in [5.74, 6) is 0.562. The summed E-state index contributed by atoms with van der Waals surface area (Å²) in [6.07, 6.45) is 0.939. The number of carbonyl (C=O) groups is 1. The van der Waals surface area contributed by atoms with Gasteiger partial charge in [0.25, 0.3) is 0 Å². The van der Waals surface area contributed by atoms with E-state index >= 15 is 0 Å². The number of nitrogens with one attached hydrogen (secondary N) is 1. The minimum absolute atomic E-state index is 0.0483. The zero-order valence-electron chi connectivity index (χ0n) is 11.0. The number of ketones is 1. The van der Waals surface area contributed by atoms with Crippen LogP contribution in [0.5, 0.6) is 0 Å². The number of fused-ring (bicyclic) bond motifs is 1. The zero-order chi connectivity index (χ0) is 13.6. The number of carbonyl (C=O) groups excluding carboxylic acids is 1. The van der Waals surface area contributed by atoms with Crippen molar-refractivity contribution in [3.63, 3.8) is 0 Å². The number of nitrogens with zero attached hydrogens (tertiary/aromatic N) is 1. The van der Waals surface area contributed by atoms with Gasteiger partial charge in [0.1, 0.15) is 11.6 Å². The van der Waals surface area contributed by atoms with Crippen molar-refractivity contribution < 1.29 is 9.90 Å². The molecule has 1 heterocycles. The molecule has 1 aromatic heterocycles. The maximum absolute atomic E-state index is 12.2. The number of benzene rings is 1. The summed E-state index contributed by atoms with van der Waals surface area (Å²) in [6, 6.07) is 7.59. The summed E-state index contributed by atoms with van der Waals surface area (Å²) in [6.45, 7) is 3.97. The van der Waals surface area contributed by atoms with Crippen LogP contribution in [0, 0.1) is 5.41 Å². The van der Waals surface area contributed by atoms with Gasteiger partial charge in [0.15, 0.2) is 5.78 Å². The Morgan fingerprint density at radius 1 is 1.26 bits per heavy atom. The molecule has 1 aromatic carbocycles. The Morgan fingerprint density at radius 2 is 2.00 bits per heavy atom. The zero-order valence-corrected chi connectivity index (χ0v) is 11.0. The molecule has 0 radical (unpaired) electrons. The number of aromatic amines is 1. The number of hydrogen-bond acceptors (Lipinski definition) is 3. The molecule has 0 saturated heterocycles. The Balaban J connectivity index is 2.12. The van der Waals surface area contributed by atoms with Gasteiger partial charge in [-0.15, -0.1) is 0 Å². The van der Waals surface area contributed by atoms with Crippen LogP contribution >= 0.6 is 0 Å². The molecule has 0 unspecified atom stereocenters. The second kappa shape index (κ2) is 3.95. The maximum Gasteiger partial charge on any atom is 0.170 e. The summed E-state index contributed by atoms with van der Waals surface area (Å²) in [4.78, 5) is 19.7. The average Bonchev–Trinajstić information content (AvgIpc) is 2.68. The van der Waals surface area contributed by atoms with Gasteiger partial charge in [-0.1, -0.05) is 26.0 Å². The van der Waals surface area contributed by atoms with Crippen molar-refractivity contribution in [1.82, 2.24) is 9.97 Å². The summed E-state index contributed by atoms with van der Waals surface area (Å²) in [7, 11) is 0. The average molecular weight is 256 g/mol. The molecule has 0 spiro atoms. The van der Waals surface area contributed by atoms with E-state index in [1.165, 1.54) is 0 Å². The third kappa shape index (κ3) is 2.03. The van der Waals surface area contributed by atoms with Gasteiger partial charge in [-0.25, -0.2) is 4.98 Å². The van der Waals surface area contributed by atoms with E-state index in [9.17, 15) is 9.90 Å². The first-order valence-corrected chi connectivity index (χ1v) is 6.37. The van der Waals surface area contributed by atoms with E-state index in [1.807, 2.05) is 38.1 Å². The molecule has 0 amide bonds. The molecule has 0 bridgehead atoms. The highest BCUT2D eigenvalue weighted by atomic mass is 16.3. The van der Waals surface area contributed by atoms with E-state index < -0.39 is 0 Å². The van der Waals surface area contributed by atoms with Crippen LogP contribution in [0.2, 0.25) is 0 Å². The Bertz CT molecular complexity index is 662. The van der Waals surface area contributed by atoms with Crippen LogP contribution in [0.25, 0.3) is 16.6 Å². The molecule has 3 rings (SSSR count). The van der Waals surface area contributed by atoms with Gasteiger partial charge in [0, 0.05) is 12.8 Å². The lowest BCUT2D eigenvalue weighted by atomic mass is 9.76.